The fraction of sp³-hybridized carbons (Fsp3) is 0.0690. The molecule has 0 atom stereocenters. The summed E-state index contributed by atoms with van der Waals surface area (Å²) in [6.45, 7) is 3.17. The van der Waals surface area contributed by atoms with Crippen LogP contribution in [0.1, 0.15) is 51.4 Å². The molecule has 1 aliphatic rings. The molecule has 1 heteroatoms. The van der Waals surface area contributed by atoms with Crippen molar-refractivity contribution in [3.63, 3.8) is 0 Å². The molecule has 0 amide bonds. The number of benzene rings is 9. The summed E-state index contributed by atoms with van der Waals surface area (Å²) in [6.07, 6.45) is 0. The predicted octanol–water partition coefficient (Wildman–Crippen LogP) is 14.2. The summed E-state index contributed by atoms with van der Waals surface area (Å²) in [5.41, 5.74) is 16.4. The van der Waals surface area contributed by atoms with E-state index in [0.717, 1.165) is 6.54 Å². The number of aryl methyl sites for hydroxylation is 1. The van der Waals surface area contributed by atoms with Gasteiger partial charge in [0.1, 0.15) is 0 Å². The summed E-state index contributed by atoms with van der Waals surface area (Å²) in [7, 11) is 0. The van der Waals surface area contributed by atoms with Gasteiger partial charge in [0.15, 0.2) is 0 Å². The minimum atomic E-state index is -0.586. The van der Waals surface area contributed by atoms with Crippen molar-refractivity contribution in [2.75, 3.05) is 0 Å². The van der Waals surface area contributed by atoms with E-state index >= 15 is 0 Å². The standard InChI is InChI=1S/C58H43N/c1-2-59-55-31-19-18-30-51(55)52-38-41(33-37-56(52)59)42-32-35-49-50-36-34-48(40-54(50)58(53(49)39-42,46-26-14-6-15-27-46)47-28-16-7-17-29-47)57(43-20-8-3-9-21-43,44-22-10-4-11-23-44)45-24-12-5-13-25-45/h3-40H,2H2,1H3. The Kier molecular flexibility index (Phi) is 8.31. The van der Waals surface area contributed by atoms with Crippen LogP contribution in [0.25, 0.3) is 44.1 Å². The number of hydrogen-bond donors (Lipinski definition) is 0. The van der Waals surface area contributed by atoms with E-state index in [4.69, 9.17) is 0 Å². The van der Waals surface area contributed by atoms with Gasteiger partial charge >= 0.3 is 0 Å². The van der Waals surface area contributed by atoms with E-state index in [0.29, 0.717) is 0 Å². The van der Waals surface area contributed by atoms with E-state index in [-0.39, 0.29) is 0 Å². The summed E-state index contributed by atoms with van der Waals surface area (Å²) in [5, 5.41) is 2.60. The van der Waals surface area contributed by atoms with Crippen molar-refractivity contribution >= 4 is 21.8 Å². The lowest BCUT2D eigenvalue weighted by Gasteiger charge is -2.39. The molecular formula is C58H43N. The van der Waals surface area contributed by atoms with E-state index in [2.05, 4.69) is 242 Å². The van der Waals surface area contributed by atoms with E-state index < -0.39 is 10.8 Å². The van der Waals surface area contributed by atoms with Crippen LogP contribution in [-0.4, -0.2) is 4.57 Å². The number of hydrogen-bond acceptors (Lipinski definition) is 0. The van der Waals surface area contributed by atoms with Gasteiger partial charge in [0, 0.05) is 28.4 Å². The lowest BCUT2D eigenvalue weighted by molar-refractivity contribution is 0.729. The molecule has 0 N–H and O–H groups in total. The van der Waals surface area contributed by atoms with Crippen LogP contribution in [0, 0.1) is 0 Å². The van der Waals surface area contributed by atoms with Crippen molar-refractivity contribution in [3.05, 3.63) is 275 Å². The molecule has 1 aliphatic carbocycles. The number of nitrogens with zero attached hydrogens (tertiary/aromatic N) is 1. The van der Waals surface area contributed by atoms with Gasteiger partial charge in [-0.25, -0.2) is 0 Å². The molecule has 1 aromatic heterocycles. The Morgan fingerprint density at radius 3 is 1.37 bits per heavy atom. The van der Waals surface area contributed by atoms with Gasteiger partial charge < -0.3 is 4.57 Å². The van der Waals surface area contributed by atoms with Crippen LogP contribution in [0.15, 0.2) is 231 Å². The van der Waals surface area contributed by atoms with E-state index in [9.17, 15) is 0 Å². The molecule has 10 aromatic rings. The van der Waals surface area contributed by atoms with Crippen LogP contribution < -0.4 is 0 Å². The summed E-state index contributed by atoms with van der Waals surface area (Å²) in [4.78, 5) is 0. The first-order valence-corrected chi connectivity index (χ1v) is 20.8. The van der Waals surface area contributed by atoms with Gasteiger partial charge in [-0.05, 0) is 98.0 Å². The van der Waals surface area contributed by atoms with E-state index in [1.54, 1.807) is 0 Å². The highest BCUT2D eigenvalue weighted by Crippen LogP contribution is 2.58. The molecule has 11 rings (SSSR count). The van der Waals surface area contributed by atoms with Gasteiger partial charge in [0.2, 0.25) is 0 Å². The van der Waals surface area contributed by atoms with E-state index in [1.807, 2.05) is 0 Å². The van der Waals surface area contributed by atoms with Gasteiger partial charge in [0.05, 0.1) is 10.8 Å². The highest BCUT2D eigenvalue weighted by atomic mass is 15.0. The normalized spacial score (nSPS) is 13.0. The van der Waals surface area contributed by atoms with Gasteiger partial charge in [-0.15, -0.1) is 0 Å². The van der Waals surface area contributed by atoms with Crippen LogP contribution in [-0.2, 0) is 17.4 Å². The van der Waals surface area contributed by atoms with E-state index in [1.165, 1.54) is 88.6 Å². The second-order valence-electron chi connectivity index (χ2n) is 15.8. The highest BCUT2D eigenvalue weighted by molar-refractivity contribution is 6.09. The fourth-order valence-electron chi connectivity index (χ4n) is 10.5. The Morgan fingerprint density at radius 2 is 0.814 bits per heavy atom. The maximum absolute atomic E-state index is 2.55. The van der Waals surface area contributed by atoms with Crippen LogP contribution in [0.4, 0.5) is 0 Å². The Bertz CT molecular complexity index is 2970. The molecule has 9 aromatic carbocycles. The molecular weight excluding hydrogens is 711 g/mol. The first-order valence-electron chi connectivity index (χ1n) is 20.8. The first-order chi connectivity index (χ1) is 29.2. The average Bonchev–Trinajstić information content (AvgIpc) is 3.80. The second-order valence-corrected chi connectivity index (χ2v) is 15.8. The zero-order chi connectivity index (χ0) is 39.4. The van der Waals surface area contributed by atoms with Crippen molar-refractivity contribution in [1.82, 2.24) is 4.57 Å². The monoisotopic (exact) mass is 753 g/mol. The molecule has 0 aliphatic heterocycles. The molecule has 0 bridgehead atoms. The van der Waals surface area contributed by atoms with Crippen molar-refractivity contribution < 1.29 is 0 Å². The zero-order valence-electron chi connectivity index (χ0n) is 33.1. The minimum absolute atomic E-state index is 0.578. The van der Waals surface area contributed by atoms with Crippen molar-refractivity contribution in [2.24, 2.45) is 0 Å². The maximum atomic E-state index is 2.55. The third kappa shape index (κ3) is 5.18. The number of fused-ring (bicyclic) bond motifs is 6. The smallest absolute Gasteiger partial charge is 0.0713 e. The van der Waals surface area contributed by atoms with Crippen molar-refractivity contribution in [1.29, 1.82) is 0 Å². The lowest BCUT2D eigenvalue weighted by atomic mass is 9.63. The molecule has 0 spiro atoms. The minimum Gasteiger partial charge on any atom is -0.341 e. The average molecular weight is 754 g/mol. The largest absolute Gasteiger partial charge is 0.341 e. The SMILES string of the molecule is CCn1c2ccccc2c2cc(-c3ccc4c(c3)C(c3ccccc3)(c3ccccc3)c3cc(C(c5ccccc5)(c5ccccc5)c5ccccc5)ccc3-4)ccc21. The van der Waals surface area contributed by atoms with Crippen LogP contribution >= 0.6 is 0 Å². The highest BCUT2D eigenvalue weighted by Gasteiger charge is 2.48. The molecule has 59 heavy (non-hydrogen) atoms. The first kappa shape index (κ1) is 35.0. The second kappa shape index (κ2) is 14.0. The third-order valence-corrected chi connectivity index (χ3v) is 13.0. The Balaban J connectivity index is 1.21. The topological polar surface area (TPSA) is 4.93 Å². The molecule has 0 fully saturated rings. The molecule has 280 valence electrons. The van der Waals surface area contributed by atoms with Crippen LogP contribution in [0.2, 0.25) is 0 Å². The van der Waals surface area contributed by atoms with Gasteiger partial charge in [-0.2, -0.15) is 0 Å². The van der Waals surface area contributed by atoms with Gasteiger partial charge in [-0.1, -0.05) is 206 Å². The van der Waals surface area contributed by atoms with Crippen LogP contribution in [0.5, 0.6) is 0 Å². The third-order valence-electron chi connectivity index (χ3n) is 13.0. The van der Waals surface area contributed by atoms with Crippen LogP contribution in [0.3, 0.4) is 0 Å². The summed E-state index contributed by atoms with van der Waals surface area (Å²) >= 11 is 0. The Labute approximate surface area is 346 Å². The molecule has 0 saturated carbocycles. The summed E-state index contributed by atoms with van der Waals surface area (Å²) < 4.78 is 2.43. The summed E-state index contributed by atoms with van der Waals surface area (Å²) in [6, 6.07) is 86.0. The molecule has 0 radical (unpaired) electrons. The molecule has 1 heterocycles. The van der Waals surface area contributed by atoms with Crippen molar-refractivity contribution in [2.45, 2.75) is 24.3 Å². The predicted molar refractivity (Wildman–Crippen MR) is 246 cm³/mol. The molecule has 0 saturated heterocycles. The number of para-hydroxylation sites is 1. The molecule has 0 unspecified atom stereocenters. The number of rotatable bonds is 8. The fourth-order valence-corrected chi connectivity index (χ4v) is 10.5. The van der Waals surface area contributed by atoms with Gasteiger partial charge in [0.25, 0.3) is 0 Å². The van der Waals surface area contributed by atoms with Crippen molar-refractivity contribution in [3.8, 4) is 22.3 Å². The number of aromatic nitrogens is 1. The lowest BCUT2D eigenvalue weighted by Crippen LogP contribution is -2.33. The van der Waals surface area contributed by atoms with Gasteiger partial charge in [-0.3, -0.25) is 0 Å². The molecule has 1 nitrogen and oxygen atoms in total. The Morgan fingerprint density at radius 1 is 0.373 bits per heavy atom. The maximum Gasteiger partial charge on any atom is 0.0713 e. The zero-order valence-corrected chi connectivity index (χ0v) is 33.1. The quantitative estimate of drug-likeness (QED) is 0.136. The summed E-state index contributed by atoms with van der Waals surface area (Å²) in [5.74, 6) is 0. The Hall–Kier alpha value is -7.22.